The molecule has 4 rings (SSSR count). The van der Waals surface area contributed by atoms with Crippen molar-refractivity contribution in [3.05, 3.63) is 55.9 Å². The van der Waals surface area contributed by atoms with Gasteiger partial charge in [-0.1, -0.05) is 0 Å². The van der Waals surface area contributed by atoms with Crippen LogP contribution in [0.5, 0.6) is 0 Å². The highest BCUT2D eigenvalue weighted by molar-refractivity contribution is 5.93. The van der Waals surface area contributed by atoms with Gasteiger partial charge in [0.05, 0.1) is 5.69 Å². The SMILES string of the molecule is Cc1nc([C@@H]2CCCN(C(=O)c3cnc4nc(C)[nH]n4c3=O)C2)cc(=O)[nH]1. The van der Waals surface area contributed by atoms with E-state index in [1.54, 1.807) is 18.7 Å². The molecule has 10 heteroatoms. The molecule has 1 saturated heterocycles. The molecule has 3 aromatic rings. The topological polar surface area (TPSA) is 129 Å². The number of rotatable bonds is 2. The van der Waals surface area contributed by atoms with Gasteiger partial charge in [0.15, 0.2) is 0 Å². The van der Waals surface area contributed by atoms with Crippen molar-refractivity contribution in [2.45, 2.75) is 32.6 Å². The fourth-order valence-electron chi connectivity index (χ4n) is 3.49. The van der Waals surface area contributed by atoms with Crippen molar-refractivity contribution in [1.29, 1.82) is 0 Å². The van der Waals surface area contributed by atoms with Crippen LogP contribution in [-0.2, 0) is 0 Å². The van der Waals surface area contributed by atoms with Crippen LogP contribution < -0.4 is 11.1 Å². The summed E-state index contributed by atoms with van der Waals surface area (Å²) in [5, 5.41) is 2.78. The number of nitrogens with zero attached hydrogens (tertiary/aromatic N) is 5. The lowest BCUT2D eigenvalue weighted by molar-refractivity contribution is 0.0703. The van der Waals surface area contributed by atoms with E-state index in [9.17, 15) is 14.4 Å². The minimum atomic E-state index is -0.474. The van der Waals surface area contributed by atoms with Crippen LogP contribution in [0.4, 0.5) is 0 Å². The lowest BCUT2D eigenvalue weighted by Gasteiger charge is -2.32. The summed E-state index contributed by atoms with van der Waals surface area (Å²) in [6.07, 6.45) is 2.87. The van der Waals surface area contributed by atoms with E-state index in [0.717, 1.165) is 12.8 Å². The van der Waals surface area contributed by atoms with Crippen LogP contribution in [0.25, 0.3) is 5.78 Å². The summed E-state index contributed by atoms with van der Waals surface area (Å²) in [5.74, 6) is 0.896. The van der Waals surface area contributed by atoms with Crippen molar-refractivity contribution in [3.63, 3.8) is 0 Å². The number of aromatic nitrogens is 6. The molecule has 140 valence electrons. The third-order valence-corrected chi connectivity index (χ3v) is 4.72. The van der Waals surface area contributed by atoms with Gasteiger partial charge in [-0.3, -0.25) is 19.5 Å². The summed E-state index contributed by atoms with van der Waals surface area (Å²) in [7, 11) is 0. The van der Waals surface area contributed by atoms with E-state index in [-0.39, 0.29) is 28.7 Å². The number of aryl methyl sites for hydroxylation is 2. The molecule has 0 bridgehead atoms. The predicted octanol–water partition coefficient (Wildman–Crippen LogP) is 0.138. The molecule has 1 aliphatic heterocycles. The maximum atomic E-state index is 12.9. The Labute approximate surface area is 153 Å². The number of hydrogen-bond acceptors (Lipinski definition) is 6. The van der Waals surface area contributed by atoms with Crippen molar-refractivity contribution >= 4 is 11.7 Å². The van der Waals surface area contributed by atoms with Crippen LogP contribution in [0.15, 0.2) is 21.9 Å². The summed E-state index contributed by atoms with van der Waals surface area (Å²) in [5.41, 5.74) is -0.0172. The van der Waals surface area contributed by atoms with E-state index in [2.05, 4.69) is 25.0 Å². The van der Waals surface area contributed by atoms with Crippen LogP contribution in [0.2, 0.25) is 0 Å². The number of hydrogen-bond donors (Lipinski definition) is 2. The maximum Gasteiger partial charge on any atom is 0.286 e. The normalized spacial score (nSPS) is 17.4. The van der Waals surface area contributed by atoms with E-state index in [1.165, 1.54) is 16.8 Å². The number of H-pyrrole nitrogens is 2. The van der Waals surface area contributed by atoms with Crippen molar-refractivity contribution in [2.75, 3.05) is 13.1 Å². The summed E-state index contributed by atoms with van der Waals surface area (Å²) in [4.78, 5) is 54.1. The number of aromatic amines is 2. The zero-order valence-electron chi connectivity index (χ0n) is 15.0. The van der Waals surface area contributed by atoms with Crippen LogP contribution in [-0.4, -0.2) is 53.4 Å². The standard InChI is InChI=1S/C17H19N7O3/c1-9-19-13(6-14(25)20-9)11-4-3-5-23(8-11)15(26)12-7-18-17-21-10(2)22-24(17)16(12)27/h6-7,11H,3-5,8H2,1-2H3,(H,18,21,22)(H,19,20,25)/t11-/m1/s1. The molecule has 0 spiro atoms. The molecule has 0 radical (unpaired) electrons. The average molecular weight is 369 g/mol. The van der Waals surface area contributed by atoms with E-state index in [0.29, 0.717) is 30.4 Å². The van der Waals surface area contributed by atoms with Crippen LogP contribution in [0.1, 0.15) is 46.5 Å². The van der Waals surface area contributed by atoms with Gasteiger partial charge in [-0.15, -0.1) is 0 Å². The van der Waals surface area contributed by atoms with Gasteiger partial charge < -0.3 is 9.88 Å². The molecule has 0 aliphatic carbocycles. The molecule has 2 N–H and O–H groups in total. The van der Waals surface area contributed by atoms with Crippen LogP contribution >= 0.6 is 0 Å². The van der Waals surface area contributed by atoms with Crippen LogP contribution in [0.3, 0.4) is 0 Å². The first kappa shape index (κ1) is 17.1. The second-order valence-corrected chi connectivity index (χ2v) is 6.77. The van der Waals surface area contributed by atoms with Crippen molar-refractivity contribution in [3.8, 4) is 0 Å². The molecule has 1 aliphatic rings. The van der Waals surface area contributed by atoms with E-state index in [1.807, 2.05) is 0 Å². The largest absolute Gasteiger partial charge is 0.338 e. The van der Waals surface area contributed by atoms with Gasteiger partial charge in [0.1, 0.15) is 17.2 Å². The number of nitrogens with one attached hydrogen (secondary N) is 2. The Balaban J connectivity index is 1.63. The Kier molecular flexibility index (Phi) is 4.09. The van der Waals surface area contributed by atoms with Crippen molar-refractivity contribution in [2.24, 2.45) is 0 Å². The smallest absolute Gasteiger partial charge is 0.286 e. The molecule has 0 unspecified atom stereocenters. The number of fused-ring (bicyclic) bond motifs is 1. The zero-order valence-corrected chi connectivity index (χ0v) is 15.0. The third-order valence-electron chi connectivity index (χ3n) is 4.72. The minimum Gasteiger partial charge on any atom is -0.338 e. The number of amides is 1. The average Bonchev–Trinajstić information content (AvgIpc) is 3.02. The first-order chi connectivity index (χ1) is 12.9. The Morgan fingerprint density at radius 3 is 2.81 bits per heavy atom. The molecule has 0 saturated carbocycles. The minimum absolute atomic E-state index is 0.00755. The predicted molar refractivity (Wildman–Crippen MR) is 95.8 cm³/mol. The van der Waals surface area contributed by atoms with Gasteiger partial charge in [0.2, 0.25) is 0 Å². The second-order valence-electron chi connectivity index (χ2n) is 6.77. The molecule has 10 nitrogen and oxygen atoms in total. The molecule has 4 heterocycles. The van der Waals surface area contributed by atoms with E-state index >= 15 is 0 Å². The highest BCUT2D eigenvalue weighted by Gasteiger charge is 2.28. The lowest BCUT2D eigenvalue weighted by atomic mass is 9.94. The maximum absolute atomic E-state index is 12.9. The van der Waals surface area contributed by atoms with Gasteiger partial charge in [0, 0.05) is 31.3 Å². The number of likely N-dealkylation sites (tertiary alicyclic amines) is 1. The molecular formula is C17H19N7O3. The lowest BCUT2D eigenvalue weighted by Crippen LogP contribution is -2.42. The number of piperidine rings is 1. The molecule has 0 aromatic carbocycles. The fraction of sp³-hybridized carbons (Fsp3) is 0.412. The molecular weight excluding hydrogens is 350 g/mol. The Morgan fingerprint density at radius 1 is 1.22 bits per heavy atom. The first-order valence-corrected chi connectivity index (χ1v) is 8.74. The number of carbonyl (C=O) groups is 1. The zero-order chi connectivity index (χ0) is 19.1. The van der Waals surface area contributed by atoms with Gasteiger partial charge in [-0.05, 0) is 26.7 Å². The Hall–Kier alpha value is -3.30. The van der Waals surface area contributed by atoms with Gasteiger partial charge in [-0.2, -0.15) is 9.50 Å². The molecule has 1 amide bonds. The van der Waals surface area contributed by atoms with E-state index < -0.39 is 5.56 Å². The summed E-state index contributed by atoms with van der Waals surface area (Å²) in [6, 6.07) is 1.47. The Bertz CT molecular complexity index is 1140. The number of carbonyl (C=O) groups excluding carboxylic acids is 1. The molecule has 1 fully saturated rings. The van der Waals surface area contributed by atoms with Gasteiger partial charge >= 0.3 is 0 Å². The summed E-state index contributed by atoms with van der Waals surface area (Å²) < 4.78 is 1.17. The monoisotopic (exact) mass is 369 g/mol. The summed E-state index contributed by atoms with van der Waals surface area (Å²) in [6.45, 7) is 4.38. The van der Waals surface area contributed by atoms with Crippen LogP contribution in [0, 0.1) is 13.8 Å². The fourth-order valence-corrected chi connectivity index (χ4v) is 3.49. The summed E-state index contributed by atoms with van der Waals surface area (Å²) >= 11 is 0. The van der Waals surface area contributed by atoms with Gasteiger partial charge in [-0.25, -0.2) is 9.97 Å². The van der Waals surface area contributed by atoms with E-state index in [4.69, 9.17) is 0 Å². The van der Waals surface area contributed by atoms with Crippen molar-refractivity contribution < 1.29 is 4.79 Å². The Morgan fingerprint density at radius 2 is 2.04 bits per heavy atom. The quantitative estimate of drug-likeness (QED) is 0.661. The molecule has 1 atom stereocenters. The van der Waals surface area contributed by atoms with Gasteiger partial charge in [0.25, 0.3) is 22.8 Å². The molecule has 3 aromatic heterocycles. The van der Waals surface area contributed by atoms with Crippen molar-refractivity contribution in [1.82, 2.24) is 34.4 Å². The molecule has 27 heavy (non-hydrogen) atoms. The highest BCUT2D eigenvalue weighted by Crippen LogP contribution is 2.25. The third kappa shape index (κ3) is 3.14. The first-order valence-electron chi connectivity index (χ1n) is 8.74. The highest BCUT2D eigenvalue weighted by atomic mass is 16.2. The second kappa shape index (κ2) is 6.45.